The van der Waals surface area contributed by atoms with Crippen molar-refractivity contribution >= 4 is 17.8 Å². The Kier molecular flexibility index (Phi) is 6.35. The van der Waals surface area contributed by atoms with E-state index >= 15 is 0 Å². The molecule has 1 saturated carbocycles. The van der Waals surface area contributed by atoms with Gasteiger partial charge in [0.25, 0.3) is 0 Å². The topological polar surface area (TPSA) is 130 Å². The summed E-state index contributed by atoms with van der Waals surface area (Å²) < 4.78 is 5.66. The molecule has 0 spiro atoms. The number of ether oxygens (including phenoxy) is 1. The van der Waals surface area contributed by atoms with Crippen LogP contribution in [0.2, 0.25) is 0 Å². The highest BCUT2D eigenvalue weighted by molar-refractivity contribution is 6.27. The zero-order valence-corrected chi connectivity index (χ0v) is 13.8. The number of piperidine rings is 1. The maximum atomic E-state index is 10.9. The van der Waals surface area contributed by atoms with Crippen LogP contribution in [0.4, 0.5) is 0 Å². The minimum atomic E-state index is -1.82. The van der Waals surface area contributed by atoms with E-state index in [-0.39, 0.29) is 0 Å². The molecule has 1 amide bonds. The summed E-state index contributed by atoms with van der Waals surface area (Å²) in [6.07, 6.45) is 2.51. The van der Waals surface area contributed by atoms with Crippen molar-refractivity contribution in [1.82, 2.24) is 4.90 Å². The van der Waals surface area contributed by atoms with Gasteiger partial charge in [0.15, 0.2) is 0 Å². The number of likely N-dealkylation sites (tertiary alicyclic amines) is 1. The average molecular weight is 350 g/mol. The van der Waals surface area contributed by atoms with Crippen molar-refractivity contribution in [3.63, 3.8) is 0 Å². The molecule has 0 aromatic heterocycles. The highest BCUT2D eigenvalue weighted by atomic mass is 16.5. The Morgan fingerprint density at radius 3 is 2.12 bits per heavy atom. The van der Waals surface area contributed by atoms with Gasteiger partial charge in [0, 0.05) is 25.2 Å². The van der Waals surface area contributed by atoms with Crippen molar-refractivity contribution in [1.29, 1.82) is 0 Å². The SMILES string of the molecule is NC(=O)c1ccc(OCCCN2C[C@H]3C[C@H]3C2)cc1.O=C(O)C(=O)O. The number of aliphatic carboxylic acids is 2. The number of nitrogens with two attached hydrogens (primary N) is 1. The molecule has 2 fully saturated rings. The Morgan fingerprint density at radius 1 is 1.08 bits per heavy atom. The highest BCUT2D eigenvalue weighted by Crippen LogP contribution is 2.44. The first kappa shape index (κ1) is 18.7. The minimum Gasteiger partial charge on any atom is -0.494 e. The van der Waals surface area contributed by atoms with Crippen molar-refractivity contribution in [3.05, 3.63) is 29.8 Å². The fourth-order valence-corrected chi connectivity index (χ4v) is 2.87. The molecule has 25 heavy (non-hydrogen) atoms. The van der Waals surface area contributed by atoms with Crippen molar-refractivity contribution in [2.75, 3.05) is 26.2 Å². The second-order valence-corrected chi connectivity index (χ2v) is 6.22. The number of hydrogen-bond donors (Lipinski definition) is 3. The van der Waals surface area contributed by atoms with Crippen LogP contribution in [0.5, 0.6) is 5.75 Å². The molecule has 1 aromatic carbocycles. The number of primary amides is 1. The molecule has 8 heteroatoms. The number of fused-ring (bicyclic) bond motifs is 1. The molecule has 0 unspecified atom stereocenters. The van der Waals surface area contributed by atoms with Crippen LogP contribution < -0.4 is 10.5 Å². The van der Waals surface area contributed by atoms with Gasteiger partial charge < -0.3 is 25.6 Å². The van der Waals surface area contributed by atoms with E-state index in [9.17, 15) is 4.79 Å². The predicted molar refractivity (Wildman–Crippen MR) is 88.4 cm³/mol. The Morgan fingerprint density at radius 2 is 1.64 bits per heavy atom. The van der Waals surface area contributed by atoms with Crippen molar-refractivity contribution in [2.45, 2.75) is 12.8 Å². The molecule has 0 bridgehead atoms. The van der Waals surface area contributed by atoms with E-state index in [1.165, 1.54) is 19.5 Å². The number of hydrogen-bond acceptors (Lipinski definition) is 5. The van der Waals surface area contributed by atoms with Crippen LogP contribution >= 0.6 is 0 Å². The van der Waals surface area contributed by atoms with E-state index in [4.69, 9.17) is 30.3 Å². The number of carbonyl (C=O) groups excluding carboxylic acids is 1. The normalized spacial score (nSPS) is 20.8. The number of amides is 1. The molecule has 4 N–H and O–H groups in total. The van der Waals surface area contributed by atoms with Crippen molar-refractivity contribution in [2.24, 2.45) is 17.6 Å². The van der Waals surface area contributed by atoms with Crippen molar-refractivity contribution in [3.8, 4) is 5.75 Å². The summed E-state index contributed by atoms with van der Waals surface area (Å²) in [4.78, 5) is 31.7. The number of carboxylic acids is 2. The molecule has 1 heterocycles. The molecule has 1 aliphatic heterocycles. The highest BCUT2D eigenvalue weighted by Gasteiger charge is 2.44. The second-order valence-electron chi connectivity index (χ2n) is 6.22. The van der Waals surface area contributed by atoms with Gasteiger partial charge >= 0.3 is 11.9 Å². The number of benzene rings is 1. The quantitative estimate of drug-likeness (QED) is 0.507. The summed E-state index contributed by atoms with van der Waals surface area (Å²) in [7, 11) is 0. The smallest absolute Gasteiger partial charge is 0.414 e. The summed E-state index contributed by atoms with van der Waals surface area (Å²) in [5, 5.41) is 14.8. The lowest BCUT2D eigenvalue weighted by molar-refractivity contribution is -0.159. The van der Waals surface area contributed by atoms with E-state index in [0.29, 0.717) is 5.56 Å². The molecule has 2 aliphatic rings. The number of carboxylic acid groups (broad SMARTS) is 2. The van der Waals surface area contributed by atoms with Gasteiger partial charge in [-0.15, -0.1) is 0 Å². The van der Waals surface area contributed by atoms with Gasteiger partial charge in [-0.3, -0.25) is 4.79 Å². The third-order valence-corrected chi connectivity index (χ3v) is 4.26. The zero-order valence-electron chi connectivity index (χ0n) is 13.8. The second kappa shape index (κ2) is 8.48. The van der Waals surface area contributed by atoms with E-state index < -0.39 is 17.8 Å². The minimum absolute atomic E-state index is 0.404. The number of nitrogens with zero attached hydrogens (tertiary/aromatic N) is 1. The summed E-state index contributed by atoms with van der Waals surface area (Å²) in [5.74, 6) is -1.25. The Hall–Kier alpha value is -2.61. The van der Waals surface area contributed by atoms with Crippen LogP contribution in [0.15, 0.2) is 24.3 Å². The standard InChI is InChI=1S/C15H20N2O2.C2H2O4/c16-15(18)11-2-4-14(5-3-11)19-7-1-6-17-9-12-8-13(12)10-17;3-1(4)2(5)6/h2-5,12-13H,1,6-10H2,(H2,16,18);(H,3,4)(H,5,6)/t12-,13+;. The lowest BCUT2D eigenvalue weighted by Gasteiger charge is -2.17. The van der Waals surface area contributed by atoms with E-state index in [1.807, 2.05) is 0 Å². The molecule has 0 radical (unpaired) electrons. The third-order valence-electron chi connectivity index (χ3n) is 4.26. The molecule has 1 saturated heterocycles. The molecule has 3 rings (SSSR count). The molecule has 136 valence electrons. The lowest BCUT2D eigenvalue weighted by Crippen LogP contribution is -2.25. The molecule has 1 aliphatic carbocycles. The summed E-state index contributed by atoms with van der Waals surface area (Å²) in [5.41, 5.74) is 5.70. The Balaban J connectivity index is 0.000000326. The first-order valence-electron chi connectivity index (χ1n) is 8.08. The molecular weight excluding hydrogens is 328 g/mol. The predicted octanol–water partition coefficient (Wildman–Crippen LogP) is 0.662. The van der Waals surface area contributed by atoms with Gasteiger partial charge in [0.2, 0.25) is 5.91 Å². The van der Waals surface area contributed by atoms with Crippen LogP contribution in [0, 0.1) is 11.8 Å². The van der Waals surface area contributed by atoms with Crippen LogP contribution in [-0.4, -0.2) is 59.2 Å². The Bertz CT molecular complexity index is 609. The maximum absolute atomic E-state index is 10.9. The monoisotopic (exact) mass is 350 g/mol. The average Bonchev–Trinajstić information content (AvgIpc) is 3.19. The largest absolute Gasteiger partial charge is 0.494 e. The number of carbonyl (C=O) groups is 3. The fourth-order valence-electron chi connectivity index (χ4n) is 2.87. The lowest BCUT2D eigenvalue weighted by atomic mass is 10.2. The molecule has 8 nitrogen and oxygen atoms in total. The first-order valence-corrected chi connectivity index (χ1v) is 8.08. The molecule has 1 aromatic rings. The van der Waals surface area contributed by atoms with Gasteiger partial charge in [-0.2, -0.15) is 0 Å². The van der Waals surface area contributed by atoms with Crippen molar-refractivity contribution < 1.29 is 29.3 Å². The molecular formula is C17H22N2O6. The van der Waals surface area contributed by atoms with E-state index in [0.717, 1.165) is 37.2 Å². The summed E-state index contributed by atoms with van der Waals surface area (Å²) >= 11 is 0. The van der Waals surface area contributed by atoms with E-state index in [1.54, 1.807) is 24.3 Å². The molecule has 2 atom stereocenters. The fraction of sp³-hybridized carbons (Fsp3) is 0.471. The van der Waals surface area contributed by atoms with Gasteiger partial charge in [0.05, 0.1) is 6.61 Å². The maximum Gasteiger partial charge on any atom is 0.414 e. The Labute approximate surface area is 145 Å². The van der Waals surface area contributed by atoms with Gasteiger partial charge in [-0.1, -0.05) is 0 Å². The summed E-state index contributed by atoms with van der Waals surface area (Å²) in [6.45, 7) is 4.43. The van der Waals surface area contributed by atoms with Gasteiger partial charge in [-0.25, -0.2) is 9.59 Å². The van der Waals surface area contributed by atoms with Crippen LogP contribution in [-0.2, 0) is 9.59 Å². The summed E-state index contributed by atoms with van der Waals surface area (Å²) in [6, 6.07) is 6.99. The van der Waals surface area contributed by atoms with Crippen LogP contribution in [0.25, 0.3) is 0 Å². The van der Waals surface area contributed by atoms with Gasteiger partial charge in [-0.05, 0) is 48.9 Å². The van der Waals surface area contributed by atoms with Gasteiger partial charge in [0.1, 0.15) is 5.75 Å². The van der Waals surface area contributed by atoms with Crippen LogP contribution in [0.3, 0.4) is 0 Å². The first-order chi connectivity index (χ1) is 11.9. The zero-order chi connectivity index (χ0) is 18.4. The third kappa shape index (κ3) is 6.07. The number of rotatable bonds is 6. The van der Waals surface area contributed by atoms with Crippen LogP contribution in [0.1, 0.15) is 23.2 Å². The van der Waals surface area contributed by atoms with E-state index in [2.05, 4.69) is 4.90 Å².